The molecule has 1 aromatic heterocycles. The average Bonchev–Trinajstić information content (AvgIpc) is 2.60. The summed E-state index contributed by atoms with van der Waals surface area (Å²) in [7, 11) is 0. The molecule has 2 aromatic rings. The molecule has 0 spiro atoms. The lowest BCUT2D eigenvalue weighted by Gasteiger charge is -2.05. The van der Waals surface area contributed by atoms with Gasteiger partial charge in [-0.05, 0) is 31.5 Å². The van der Waals surface area contributed by atoms with Crippen LogP contribution < -0.4 is 4.74 Å². The maximum absolute atomic E-state index is 13.1. The van der Waals surface area contributed by atoms with Gasteiger partial charge in [-0.1, -0.05) is 0 Å². The first-order valence-electron chi connectivity index (χ1n) is 4.95. The molecule has 0 N–H and O–H groups in total. The molecular formula is C12H12FNOS. The zero-order chi connectivity index (χ0) is 11.5. The summed E-state index contributed by atoms with van der Waals surface area (Å²) in [5, 5.41) is 1.01. The van der Waals surface area contributed by atoms with E-state index in [1.807, 2.05) is 19.9 Å². The van der Waals surface area contributed by atoms with Gasteiger partial charge in [0.25, 0.3) is 0 Å². The van der Waals surface area contributed by atoms with E-state index in [1.165, 1.54) is 12.1 Å². The first kappa shape index (κ1) is 11.1. The van der Waals surface area contributed by atoms with Gasteiger partial charge in [0, 0.05) is 12.3 Å². The zero-order valence-corrected chi connectivity index (χ0v) is 9.97. The Morgan fingerprint density at radius 2 is 2.12 bits per heavy atom. The van der Waals surface area contributed by atoms with Crippen LogP contribution in [0.4, 0.5) is 4.39 Å². The molecule has 0 bridgehead atoms. The molecule has 0 fully saturated rings. The Kier molecular flexibility index (Phi) is 3.19. The van der Waals surface area contributed by atoms with Gasteiger partial charge < -0.3 is 4.74 Å². The van der Waals surface area contributed by atoms with Gasteiger partial charge in [-0.25, -0.2) is 9.37 Å². The van der Waals surface area contributed by atoms with Crippen molar-refractivity contribution in [1.82, 2.24) is 4.98 Å². The average molecular weight is 237 g/mol. The summed E-state index contributed by atoms with van der Waals surface area (Å²) in [6, 6.07) is 4.68. The summed E-state index contributed by atoms with van der Waals surface area (Å²) < 4.78 is 18.6. The van der Waals surface area contributed by atoms with E-state index in [0.717, 1.165) is 15.4 Å². The van der Waals surface area contributed by atoms with Gasteiger partial charge in [0.1, 0.15) is 18.2 Å². The molecule has 0 aliphatic heterocycles. The fourth-order valence-electron chi connectivity index (χ4n) is 1.41. The van der Waals surface area contributed by atoms with Crippen molar-refractivity contribution < 1.29 is 9.13 Å². The van der Waals surface area contributed by atoms with Crippen LogP contribution in [0.15, 0.2) is 24.4 Å². The Morgan fingerprint density at radius 3 is 2.75 bits per heavy atom. The van der Waals surface area contributed by atoms with Gasteiger partial charge in [0.15, 0.2) is 0 Å². The Bertz CT molecular complexity index is 475. The Hall–Kier alpha value is -1.42. The largest absolute Gasteiger partial charge is 0.488 e. The number of aromatic nitrogens is 1. The fourth-order valence-corrected chi connectivity index (χ4v) is 2.12. The van der Waals surface area contributed by atoms with Gasteiger partial charge >= 0.3 is 0 Å². The van der Waals surface area contributed by atoms with Crippen molar-refractivity contribution in [1.29, 1.82) is 0 Å². The smallest absolute Gasteiger partial charge is 0.127 e. The van der Waals surface area contributed by atoms with Gasteiger partial charge in [0.05, 0.1) is 9.88 Å². The second-order valence-electron chi connectivity index (χ2n) is 3.60. The number of hydrogen-bond acceptors (Lipinski definition) is 3. The lowest BCUT2D eigenvalue weighted by molar-refractivity contribution is 0.307. The first-order chi connectivity index (χ1) is 7.63. The standard InChI is InChI=1S/C12H12FNOS/c1-8-3-10(13)5-11(4-8)15-7-12-6-14-9(2)16-12/h3-6H,7H2,1-2H3. The lowest BCUT2D eigenvalue weighted by Crippen LogP contribution is -1.94. The maximum atomic E-state index is 13.1. The predicted molar refractivity (Wildman–Crippen MR) is 62.3 cm³/mol. The van der Waals surface area contributed by atoms with Crippen molar-refractivity contribution in [3.63, 3.8) is 0 Å². The molecule has 16 heavy (non-hydrogen) atoms. The second kappa shape index (κ2) is 4.61. The molecule has 4 heteroatoms. The molecule has 0 aliphatic rings. The van der Waals surface area contributed by atoms with Crippen LogP contribution in [-0.2, 0) is 6.61 Å². The quantitative estimate of drug-likeness (QED) is 0.815. The lowest BCUT2D eigenvalue weighted by atomic mass is 10.2. The number of hydrogen-bond donors (Lipinski definition) is 0. The van der Waals surface area contributed by atoms with Crippen LogP contribution in [0.2, 0.25) is 0 Å². The predicted octanol–water partition coefficient (Wildman–Crippen LogP) is 3.48. The van der Waals surface area contributed by atoms with Gasteiger partial charge in [-0.15, -0.1) is 11.3 Å². The molecule has 0 atom stereocenters. The van der Waals surface area contributed by atoms with Gasteiger partial charge in [-0.2, -0.15) is 0 Å². The Balaban J connectivity index is 2.04. The van der Waals surface area contributed by atoms with Gasteiger partial charge in [0.2, 0.25) is 0 Å². The highest BCUT2D eigenvalue weighted by Gasteiger charge is 2.02. The highest BCUT2D eigenvalue weighted by molar-refractivity contribution is 7.11. The third-order valence-corrected chi connectivity index (χ3v) is 2.95. The first-order valence-corrected chi connectivity index (χ1v) is 5.76. The van der Waals surface area contributed by atoms with E-state index < -0.39 is 0 Å². The molecule has 0 saturated heterocycles. The monoisotopic (exact) mass is 237 g/mol. The molecule has 0 unspecified atom stereocenters. The van der Waals surface area contributed by atoms with E-state index in [4.69, 9.17) is 4.74 Å². The molecule has 1 heterocycles. The van der Waals surface area contributed by atoms with E-state index in [0.29, 0.717) is 12.4 Å². The summed E-state index contributed by atoms with van der Waals surface area (Å²) in [6.45, 7) is 4.22. The summed E-state index contributed by atoms with van der Waals surface area (Å²) in [4.78, 5) is 5.17. The van der Waals surface area contributed by atoms with Crippen LogP contribution in [0.25, 0.3) is 0 Å². The fraction of sp³-hybridized carbons (Fsp3) is 0.250. The third-order valence-electron chi connectivity index (χ3n) is 2.07. The molecule has 84 valence electrons. The van der Waals surface area contributed by atoms with Crippen LogP contribution in [0.1, 0.15) is 15.4 Å². The van der Waals surface area contributed by atoms with E-state index in [1.54, 1.807) is 17.5 Å². The van der Waals surface area contributed by atoms with Crippen LogP contribution >= 0.6 is 11.3 Å². The second-order valence-corrected chi connectivity index (χ2v) is 4.92. The van der Waals surface area contributed by atoms with Crippen LogP contribution in [-0.4, -0.2) is 4.98 Å². The SMILES string of the molecule is Cc1cc(F)cc(OCc2cnc(C)s2)c1. The summed E-state index contributed by atoms with van der Waals surface area (Å²) in [6.07, 6.45) is 1.78. The highest BCUT2D eigenvalue weighted by atomic mass is 32.1. The van der Waals surface area contributed by atoms with Gasteiger partial charge in [-0.3, -0.25) is 0 Å². The summed E-state index contributed by atoms with van der Waals surface area (Å²) in [5.41, 5.74) is 0.857. The minimum Gasteiger partial charge on any atom is -0.488 e. The minimum absolute atomic E-state index is 0.268. The van der Waals surface area contributed by atoms with Crippen molar-refractivity contribution >= 4 is 11.3 Å². The van der Waals surface area contributed by atoms with Crippen LogP contribution in [0, 0.1) is 19.7 Å². The molecule has 0 amide bonds. The van der Waals surface area contributed by atoms with E-state index in [-0.39, 0.29) is 5.82 Å². The number of nitrogens with zero attached hydrogens (tertiary/aromatic N) is 1. The van der Waals surface area contributed by atoms with E-state index in [9.17, 15) is 4.39 Å². The molecule has 2 rings (SSSR count). The number of thiazole rings is 1. The molecule has 0 saturated carbocycles. The minimum atomic E-state index is -0.268. The van der Waals surface area contributed by atoms with E-state index >= 15 is 0 Å². The highest BCUT2D eigenvalue weighted by Crippen LogP contribution is 2.19. The van der Waals surface area contributed by atoms with Crippen molar-refractivity contribution in [2.75, 3.05) is 0 Å². The molecule has 1 aromatic carbocycles. The molecule has 0 aliphatic carbocycles. The number of benzene rings is 1. The van der Waals surface area contributed by atoms with Crippen molar-refractivity contribution in [2.24, 2.45) is 0 Å². The topological polar surface area (TPSA) is 22.1 Å². The maximum Gasteiger partial charge on any atom is 0.127 e. The van der Waals surface area contributed by atoms with E-state index in [2.05, 4.69) is 4.98 Å². The Labute approximate surface area is 97.7 Å². The molecule has 0 radical (unpaired) electrons. The third kappa shape index (κ3) is 2.79. The van der Waals surface area contributed by atoms with Crippen molar-refractivity contribution in [3.8, 4) is 5.75 Å². The number of rotatable bonds is 3. The summed E-state index contributed by atoms with van der Waals surface area (Å²) in [5.74, 6) is 0.291. The molecule has 2 nitrogen and oxygen atoms in total. The zero-order valence-electron chi connectivity index (χ0n) is 9.16. The number of aryl methyl sites for hydroxylation is 2. The summed E-state index contributed by atoms with van der Waals surface area (Å²) >= 11 is 1.59. The van der Waals surface area contributed by atoms with Crippen LogP contribution in [0.5, 0.6) is 5.75 Å². The number of ether oxygens (including phenoxy) is 1. The Morgan fingerprint density at radius 1 is 1.31 bits per heavy atom. The van der Waals surface area contributed by atoms with Crippen molar-refractivity contribution in [3.05, 3.63) is 45.7 Å². The molecular weight excluding hydrogens is 225 g/mol. The van der Waals surface area contributed by atoms with Crippen molar-refractivity contribution in [2.45, 2.75) is 20.5 Å². The normalized spacial score (nSPS) is 10.4. The number of halogens is 1. The van der Waals surface area contributed by atoms with Crippen LogP contribution in [0.3, 0.4) is 0 Å².